The minimum Gasteiger partial charge on any atom is -0.343 e. The number of nitrogens with one attached hydrogen (secondary N) is 3. The van der Waals surface area contributed by atoms with Gasteiger partial charge in [-0.2, -0.15) is 0 Å². The molecule has 206 valence electrons. The molecule has 0 aromatic heterocycles. The van der Waals surface area contributed by atoms with Crippen LogP contribution < -0.4 is 16.0 Å². The zero-order chi connectivity index (χ0) is 27.6. The van der Waals surface area contributed by atoms with Gasteiger partial charge in [0, 0.05) is 25.8 Å². The van der Waals surface area contributed by atoms with E-state index in [0.29, 0.717) is 19.4 Å². The molecule has 2 aromatic carbocycles. The van der Waals surface area contributed by atoms with Crippen LogP contribution in [-0.2, 0) is 36.8 Å². The van der Waals surface area contributed by atoms with Gasteiger partial charge in [0.25, 0.3) is 0 Å². The van der Waals surface area contributed by atoms with Crippen LogP contribution in [0.1, 0.15) is 49.7 Å². The monoisotopic (exact) mass is 532 g/mol. The third kappa shape index (κ3) is 7.52. The number of hydrogen-bond donors (Lipinski definition) is 3. The average molecular weight is 533 g/mol. The summed E-state index contributed by atoms with van der Waals surface area (Å²) in [6.07, 6.45) is 4.15. The van der Waals surface area contributed by atoms with Crippen LogP contribution in [0.15, 0.2) is 60.7 Å². The van der Waals surface area contributed by atoms with Gasteiger partial charge in [0.1, 0.15) is 30.5 Å². The van der Waals surface area contributed by atoms with Gasteiger partial charge in [0.05, 0.1) is 0 Å². The molecule has 9 nitrogen and oxygen atoms in total. The van der Waals surface area contributed by atoms with Crippen LogP contribution in [-0.4, -0.2) is 65.5 Å². The van der Waals surface area contributed by atoms with Gasteiger partial charge in [-0.15, -0.1) is 0 Å². The fraction of sp³-hybridized carbons (Fsp3) is 0.433. The number of aldehydes is 1. The van der Waals surface area contributed by atoms with Crippen molar-refractivity contribution in [2.45, 2.75) is 75.5 Å². The van der Waals surface area contributed by atoms with Gasteiger partial charge < -0.3 is 25.6 Å². The Bertz CT molecular complexity index is 1160. The summed E-state index contributed by atoms with van der Waals surface area (Å²) in [5.41, 5.74) is 1.72. The average Bonchev–Trinajstić information content (AvgIpc) is 2.96. The minimum absolute atomic E-state index is 0.214. The van der Waals surface area contributed by atoms with Crippen LogP contribution in [0.2, 0.25) is 0 Å². The van der Waals surface area contributed by atoms with Gasteiger partial charge in [-0.3, -0.25) is 19.2 Å². The minimum atomic E-state index is -0.965. The van der Waals surface area contributed by atoms with Crippen LogP contribution in [0.5, 0.6) is 0 Å². The lowest BCUT2D eigenvalue weighted by Crippen LogP contribution is -2.63. The summed E-state index contributed by atoms with van der Waals surface area (Å²) in [7, 11) is 0. The normalized spacial score (nSPS) is 24.4. The van der Waals surface area contributed by atoms with E-state index in [0.717, 1.165) is 30.3 Å². The van der Waals surface area contributed by atoms with Gasteiger partial charge in [-0.1, -0.05) is 60.7 Å². The molecule has 0 unspecified atom stereocenters. The molecule has 2 fully saturated rings. The van der Waals surface area contributed by atoms with Crippen LogP contribution in [0, 0.1) is 0 Å². The second kappa shape index (κ2) is 13.7. The lowest BCUT2D eigenvalue weighted by atomic mass is 9.96. The van der Waals surface area contributed by atoms with E-state index in [1.54, 1.807) is 4.90 Å². The molecular formula is C30H36N4O5. The standard InChI is InChI=1S/C30H36N4O5/c35-18-10-8-15-23-27(36)32-24(19-21-11-3-1-4-12-21)28(37)33-25(20-22-13-5-2-6-14-22)30(39)34-17-9-7-16-26(34)29(38)31-23/h1-6,11-14,18,23-26H,7-10,15-17,19-20H2,(H,31,38)(H,32,36)(H,33,37)/t23-,24+,25-,26+/m0/s1. The number of fused-ring (bicyclic) bond motifs is 1. The van der Waals surface area contributed by atoms with E-state index in [2.05, 4.69) is 16.0 Å². The number of benzene rings is 2. The van der Waals surface area contributed by atoms with Crippen LogP contribution in [0.3, 0.4) is 0 Å². The first kappa shape index (κ1) is 28.0. The van der Waals surface area contributed by atoms with Gasteiger partial charge in [-0.05, 0) is 43.2 Å². The topological polar surface area (TPSA) is 125 Å². The molecule has 0 radical (unpaired) electrons. The van der Waals surface area contributed by atoms with Crippen LogP contribution in [0.4, 0.5) is 0 Å². The fourth-order valence-corrected chi connectivity index (χ4v) is 5.26. The second-order valence-electron chi connectivity index (χ2n) is 10.2. The molecule has 39 heavy (non-hydrogen) atoms. The van der Waals surface area contributed by atoms with E-state index in [-0.39, 0.29) is 37.5 Å². The highest BCUT2D eigenvalue weighted by Gasteiger charge is 2.39. The van der Waals surface area contributed by atoms with Gasteiger partial charge >= 0.3 is 0 Å². The Morgan fingerprint density at radius 3 is 1.92 bits per heavy atom. The van der Waals surface area contributed by atoms with Crippen LogP contribution >= 0.6 is 0 Å². The summed E-state index contributed by atoms with van der Waals surface area (Å²) in [6, 6.07) is 15.2. The van der Waals surface area contributed by atoms with Gasteiger partial charge in [0.2, 0.25) is 23.6 Å². The number of carbonyl (C=O) groups is 5. The number of unbranched alkanes of at least 4 members (excludes halogenated alkanes) is 1. The summed E-state index contributed by atoms with van der Waals surface area (Å²) in [4.78, 5) is 67.0. The summed E-state index contributed by atoms with van der Waals surface area (Å²) in [5, 5.41) is 8.57. The van der Waals surface area contributed by atoms with Crippen molar-refractivity contribution in [2.75, 3.05) is 6.54 Å². The Morgan fingerprint density at radius 1 is 0.718 bits per heavy atom. The van der Waals surface area contributed by atoms with Crippen molar-refractivity contribution >= 4 is 29.9 Å². The summed E-state index contributed by atoms with van der Waals surface area (Å²) in [5.74, 6) is -1.65. The molecule has 4 rings (SSSR count). The maximum Gasteiger partial charge on any atom is 0.246 e. The predicted octanol–water partition coefficient (Wildman–Crippen LogP) is 1.69. The SMILES string of the molecule is O=CCCC[C@@H]1NC(=O)[C@H]2CCCCN2C(=O)[C@H](Cc2ccccc2)NC(=O)[C@@H](Cc2ccccc2)NC1=O. The summed E-state index contributed by atoms with van der Waals surface area (Å²) < 4.78 is 0. The van der Waals surface area contributed by atoms with Crippen molar-refractivity contribution in [3.63, 3.8) is 0 Å². The van der Waals surface area contributed by atoms with E-state index in [1.807, 2.05) is 60.7 Å². The van der Waals surface area contributed by atoms with E-state index >= 15 is 0 Å². The van der Waals surface area contributed by atoms with Crippen LogP contribution in [0.25, 0.3) is 0 Å². The highest BCUT2D eigenvalue weighted by Crippen LogP contribution is 2.21. The molecule has 4 atom stereocenters. The Hall–Kier alpha value is -4.01. The molecule has 2 aliphatic rings. The quantitative estimate of drug-likeness (QED) is 0.353. The van der Waals surface area contributed by atoms with Crippen molar-refractivity contribution in [2.24, 2.45) is 0 Å². The molecule has 3 N–H and O–H groups in total. The molecule has 0 spiro atoms. The maximum atomic E-state index is 13.9. The number of rotatable bonds is 8. The number of hydrogen-bond acceptors (Lipinski definition) is 5. The lowest BCUT2D eigenvalue weighted by molar-refractivity contribution is -0.146. The number of piperidine rings is 1. The van der Waals surface area contributed by atoms with Crippen molar-refractivity contribution in [3.8, 4) is 0 Å². The van der Waals surface area contributed by atoms with E-state index in [4.69, 9.17) is 0 Å². The predicted molar refractivity (Wildman–Crippen MR) is 145 cm³/mol. The molecule has 0 bridgehead atoms. The van der Waals surface area contributed by atoms with Crippen molar-refractivity contribution in [3.05, 3.63) is 71.8 Å². The Morgan fingerprint density at radius 2 is 1.28 bits per heavy atom. The lowest BCUT2D eigenvalue weighted by Gasteiger charge is -2.38. The van der Waals surface area contributed by atoms with Gasteiger partial charge in [-0.25, -0.2) is 0 Å². The molecule has 2 saturated heterocycles. The summed E-state index contributed by atoms with van der Waals surface area (Å²) >= 11 is 0. The zero-order valence-electron chi connectivity index (χ0n) is 22.0. The Kier molecular flexibility index (Phi) is 9.83. The largest absolute Gasteiger partial charge is 0.343 e. The highest BCUT2D eigenvalue weighted by molar-refractivity contribution is 5.97. The maximum absolute atomic E-state index is 13.9. The molecule has 9 heteroatoms. The van der Waals surface area contributed by atoms with Gasteiger partial charge in [0.15, 0.2) is 0 Å². The molecule has 2 heterocycles. The number of nitrogens with zero attached hydrogens (tertiary/aromatic N) is 1. The first-order valence-corrected chi connectivity index (χ1v) is 13.7. The Labute approximate surface area is 228 Å². The van der Waals surface area contributed by atoms with E-state index in [9.17, 15) is 24.0 Å². The Balaban J connectivity index is 1.68. The molecule has 0 aliphatic carbocycles. The smallest absolute Gasteiger partial charge is 0.246 e. The third-order valence-corrected chi connectivity index (χ3v) is 7.35. The molecule has 2 aromatic rings. The third-order valence-electron chi connectivity index (χ3n) is 7.35. The van der Waals surface area contributed by atoms with Crippen molar-refractivity contribution in [1.29, 1.82) is 0 Å². The fourth-order valence-electron chi connectivity index (χ4n) is 5.26. The second-order valence-corrected chi connectivity index (χ2v) is 10.2. The number of amides is 4. The molecule has 0 saturated carbocycles. The zero-order valence-corrected chi connectivity index (χ0v) is 22.0. The highest BCUT2D eigenvalue weighted by atomic mass is 16.2. The van der Waals surface area contributed by atoms with E-state index < -0.39 is 36.0 Å². The first-order chi connectivity index (χ1) is 19.0. The van der Waals surface area contributed by atoms with Crippen molar-refractivity contribution < 1.29 is 24.0 Å². The first-order valence-electron chi connectivity index (χ1n) is 13.7. The van der Waals surface area contributed by atoms with E-state index in [1.165, 1.54) is 0 Å². The van der Waals surface area contributed by atoms with Crippen molar-refractivity contribution in [1.82, 2.24) is 20.9 Å². The summed E-state index contributed by atoms with van der Waals surface area (Å²) in [6.45, 7) is 0.396. The number of carbonyl (C=O) groups excluding carboxylic acids is 5. The molecule has 4 amide bonds. The molecule has 2 aliphatic heterocycles. The molecular weight excluding hydrogens is 496 g/mol.